The molecule has 0 aliphatic rings. The van der Waals surface area contributed by atoms with E-state index in [0.29, 0.717) is 0 Å². The van der Waals surface area contributed by atoms with Crippen molar-refractivity contribution in [3.8, 4) is 22.3 Å². The van der Waals surface area contributed by atoms with Gasteiger partial charge in [0.15, 0.2) is 0 Å². The molecule has 0 fully saturated rings. The van der Waals surface area contributed by atoms with Gasteiger partial charge in [-0.15, -0.1) is 11.3 Å². The van der Waals surface area contributed by atoms with E-state index in [2.05, 4.69) is 193 Å². The molecule has 0 N–H and O–H groups in total. The molecule has 1 aromatic heterocycles. The Hall–Kier alpha value is -6.22. The fraction of sp³-hybridized carbons (Fsp3) is 0. The van der Waals surface area contributed by atoms with E-state index in [-0.39, 0.29) is 0 Å². The van der Waals surface area contributed by atoms with Crippen molar-refractivity contribution < 1.29 is 0 Å². The highest BCUT2D eigenvalue weighted by atomic mass is 32.1. The number of benzene rings is 9. The zero-order chi connectivity index (χ0) is 33.0. The molecule has 0 atom stereocenters. The number of rotatable bonds is 5. The highest BCUT2D eigenvalue weighted by molar-refractivity contribution is 7.26. The lowest BCUT2D eigenvalue weighted by atomic mass is 9.93. The molecule has 1 heterocycles. The van der Waals surface area contributed by atoms with Crippen LogP contribution in [0.15, 0.2) is 188 Å². The first-order chi connectivity index (χ1) is 24.8. The zero-order valence-corrected chi connectivity index (χ0v) is 28.1. The van der Waals surface area contributed by atoms with E-state index >= 15 is 0 Å². The Bertz CT molecular complexity index is 2870. The molecular formula is C48H31NS. The minimum absolute atomic E-state index is 1.12. The van der Waals surface area contributed by atoms with Gasteiger partial charge in [-0.2, -0.15) is 0 Å². The van der Waals surface area contributed by atoms with Crippen molar-refractivity contribution in [2.24, 2.45) is 0 Å². The van der Waals surface area contributed by atoms with Crippen molar-refractivity contribution in [1.29, 1.82) is 0 Å². The Labute approximate surface area is 294 Å². The van der Waals surface area contributed by atoms with Gasteiger partial charge in [0.05, 0.1) is 5.69 Å². The summed E-state index contributed by atoms with van der Waals surface area (Å²) < 4.78 is 2.61. The normalized spacial score (nSPS) is 11.6. The molecule has 0 bridgehead atoms. The highest BCUT2D eigenvalue weighted by Crippen LogP contribution is 2.47. The molecule has 9 aromatic carbocycles. The third-order valence-electron chi connectivity index (χ3n) is 10.0. The Kier molecular flexibility index (Phi) is 6.75. The second-order valence-electron chi connectivity index (χ2n) is 12.9. The van der Waals surface area contributed by atoms with Gasteiger partial charge in [0.1, 0.15) is 0 Å². The van der Waals surface area contributed by atoms with Crippen LogP contribution < -0.4 is 4.90 Å². The predicted octanol–water partition coefficient (Wildman–Crippen LogP) is 14.3. The molecule has 0 saturated heterocycles. The maximum absolute atomic E-state index is 2.45. The summed E-state index contributed by atoms with van der Waals surface area (Å²) in [6, 6.07) is 68.7. The van der Waals surface area contributed by atoms with Gasteiger partial charge in [0.25, 0.3) is 0 Å². The van der Waals surface area contributed by atoms with Crippen LogP contribution in [-0.2, 0) is 0 Å². The van der Waals surface area contributed by atoms with Crippen molar-refractivity contribution in [2.75, 3.05) is 4.90 Å². The summed E-state index contributed by atoms with van der Waals surface area (Å²) in [5.41, 5.74) is 8.28. The number of thiophene rings is 1. The Morgan fingerprint density at radius 3 is 1.80 bits per heavy atom. The monoisotopic (exact) mass is 653 g/mol. The highest BCUT2D eigenvalue weighted by Gasteiger charge is 2.20. The van der Waals surface area contributed by atoms with E-state index in [4.69, 9.17) is 0 Å². The molecule has 10 aromatic rings. The van der Waals surface area contributed by atoms with Gasteiger partial charge >= 0.3 is 0 Å². The van der Waals surface area contributed by atoms with Crippen LogP contribution in [-0.4, -0.2) is 0 Å². The van der Waals surface area contributed by atoms with Gasteiger partial charge in [0.2, 0.25) is 0 Å². The smallest absolute Gasteiger partial charge is 0.0554 e. The van der Waals surface area contributed by atoms with Crippen molar-refractivity contribution in [2.45, 2.75) is 0 Å². The molecule has 234 valence electrons. The lowest BCUT2D eigenvalue weighted by Crippen LogP contribution is -2.10. The summed E-state index contributed by atoms with van der Waals surface area (Å²) in [5.74, 6) is 0. The number of anilines is 3. The molecule has 0 spiro atoms. The first-order valence-corrected chi connectivity index (χ1v) is 17.9. The lowest BCUT2D eigenvalue weighted by molar-refractivity contribution is 1.30. The van der Waals surface area contributed by atoms with Gasteiger partial charge in [-0.3, -0.25) is 0 Å². The van der Waals surface area contributed by atoms with E-state index in [9.17, 15) is 0 Å². The van der Waals surface area contributed by atoms with Crippen LogP contribution in [0, 0.1) is 0 Å². The first-order valence-electron chi connectivity index (χ1n) is 17.1. The summed E-state index contributed by atoms with van der Waals surface area (Å²) in [6.45, 7) is 0. The summed E-state index contributed by atoms with van der Waals surface area (Å²) in [7, 11) is 0. The minimum atomic E-state index is 1.12. The van der Waals surface area contributed by atoms with Crippen LogP contribution in [0.4, 0.5) is 17.1 Å². The van der Waals surface area contributed by atoms with Gasteiger partial charge in [-0.05, 0) is 91.6 Å². The predicted molar refractivity (Wildman–Crippen MR) is 217 cm³/mol. The molecule has 0 amide bonds. The fourth-order valence-corrected chi connectivity index (χ4v) is 8.88. The van der Waals surface area contributed by atoms with Crippen molar-refractivity contribution >= 4 is 80.9 Å². The average Bonchev–Trinajstić information content (AvgIpc) is 3.57. The summed E-state index contributed by atoms with van der Waals surface area (Å²) in [6.07, 6.45) is 0. The van der Waals surface area contributed by atoms with E-state index in [0.717, 1.165) is 11.4 Å². The molecule has 1 nitrogen and oxygen atoms in total. The first kappa shape index (κ1) is 28.8. The second kappa shape index (κ2) is 11.7. The molecule has 0 aliphatic carbocycles. The van der Waals surface area contributed by atoms with Gasteiger partial charge in [-0.25, -0.2) is 0 Å². The van der Waals surface area contributed by atoms with Crippen molar-refractivity contribution in [3.63, 3.8) is 0 Å². The van der Waals surface area contributed by atoms with Gasteiger partial charge in [-0.1, -0.05) is 146 Å². The lowest BCUT2D eigenvalue weighted by Gasteiger charge is -2.28. The molecule has 50 heavy (non-hydrogen) atoms. The van der Waals surface area contributed by atoms with E-state index in [1.165, 1.54) is 80.4 Å². The topological polar surface area (TPSA) is 3.24 Å². The maximum atomic E-state index is 2.45. The quantitative estimate of drug-likeness (QED) is 0.167. The van der Waals surface area contributed by atoms with E-state index in [1.54, 1.807) is 0 Å². The largest absolute Gasteiger partial charge is 0.310 e. The minimum Gasteiger partial charge on any atom is -0.310 e. The van der Waals surface area contributed by atoms with Crippen molar-refractivity contribution in [3.05, 3.63) is 188 Å². The van der Waals surface area contributed by atoms with Crippen LogP contribution in [0.1, 0.15) is 0 Å². The third-order valence-corrected chi connectivity index (χ3v) is 11.1. The molecule has 0 unspecified atom stereocenters. The number of fused-ring (bicyclic) bond motifs is 8. The van der Waals surface area contributed by atoms with Crippen LogP contribution in [0.2, 0.25) is 0 Å². The van der Waals surface area contributed by atoms with Crippen LogP contribution in [0.5, 0.6) is 0 Å². The number of hydrogen-bond donors (Lipinski definition) is 0. The van der Waals surface area contributed by atoms with Gasteiger partial charge < -0.3 is 4.90 Å². The molecule has 0 aliphatic heterocycles. The number of hydrogen-bond acceptors (Lipinski definition) is 2. The van der Waals surface area contributed by atoms with Crippen LogP contribution in [0.25, 0.3) is 74.7 Å². The average molecular weight is 654 g/mol. The summed E-state index contributed by atoms with van der Waals surface area (Å²) in [5, 5.41) is 10.3. The molecular weight excluding hydrogens is 623 g/mol. The standard InChI is InChI=1S/C48H31NS/c1-2-13-32(14-3-1)34-16-12-17-37(29-34)49(45-31-47-48(42-22-9-8-21-41(42)45)43-23-10-11-24-46(43)50-47)36-27-25-33(26-28-36)44-30-35-15-4-5-18-38(35)39-19-6-7-20-40(39)44/h1-31H. The molecule has 2 heteroatoms. The molecule has 0 saturated carbocycles. The SMILES string of the molecule is c1ccc(-c2cccc(N(c3ccc(-c4cc5ccccc5c5ccccc45)cc3)c3cc4sc5ccccc5c4c4ccccc34)c2)cc1. The van der Waals surface area contributed by atoms with E-state index in [1.807, 2.05) is 11.3 Å². The summed E-state index contributed by atoms with van der Waals surface area (Å²) in [4.78, 5) is 2.45. The second-order valence-corrected chi connectivity index (χ2v) is 14.0. The fourth-order valence-electron chi connectivity index (χ4n) is 7.72. The Balaban J connectivity index is 1.20. The third kappa shape index (κ3) is 4.69. The Morgan fingerprint density at radius 2 is 0.980 bits per heavy atom. The number of nitrogens with zero attached hydrogens (tertiary/aromatic N) is 1. The maximum Gasteiger partial charge on any atom is 0.0554 e. The Morgan fingerprint density at radius 1 is 0.340 bits per heavy atom. The zero-order valence-electron chi connectivity index (χ0n) is 27.3. The van der Waals surface area contributed by atoms with Gasteiger partial charge in [0, 0.05) is 36.9 Å². The van der Waals surface area contributed by atoms with Crippen molar-refractivity contribution in [1.82, 2.24) is 0 Å². The summed E-state index contributed by atoms with van der Waals surface area (Å²) >= 11 is 1.87. The van der Waals surface area contributed by atoms with Crippen LogP contribution in [0.3, 0.4) is 0 Å². The van der Waals surface area contributed by atoms with Crippen LogP contribution >= 0.6 is 11.3 Å². The molecule has 0 radical (unpaired) electrons. The molecule has 10 rings (SSSR count). The van der Waals surface area contributed by atoms with E-state index < -0.39 is 0 Å².